The molecule has 0 aliphatic heterocycles. The van der Waals surface area contributed by atoms with Crippen LogP contribution in [0.15, 0.2) is 75.1 Å². The predicted molar refractivity (Wildman–Crippen MR) is 142 cm³/mol. The number of sulfonamides is 1. The number of amides is 1. The number of hydrogen-bond donors (Lipinski definition) is 1. The molecule has 1 N–H and O–H groups in total. The third-order valence-corrected chi connectivity index (χ3v) is 7.57. The Morgan fingerprint density at radius 2 is 1.72 bits per heavy atom. The van der Waals surface area contributed by atoms with Crippen molar-refractivity contribution in [1.82, 2.24) is 5.43 Å². The lowest BCUT2D eigenvalue weighted by Crippen LogP contribution is -2.39. The zero-order chi connectivity index (χ0) is 26.3. The molecule has 0 heterocycles. The van der Waals surface area contributed by atoms with Crippen molar-refractivity contribution in [3.05, 3.63) is 75.7 Å². The van der Waals surface area contributed by atoms with Crippen molar-refractivity contribution in [2.24, 2.45) is 5.10 Å². The third-order valence-electron chi connectivity index (χ3n) is 4.90. The topological polar surface area (TPSA) is 107 Å². The van der Waals surface area contributed by atoms with E-state index in [1.807, 2.05) is 0 Å². The quantitative estimate of drug-likeness (QED) is 0.273. The van der Waals surface area contributed by atoms with E-state index in [1.54, 1.807) is 30.3 Å². The smallest absolute Gasteiger partial charge is 0.264 e. The van der Waals surface area contributed by atoms with E-state index in [0.717, 1.165) is 4.31 Å². The summed E-state index contributed by atoms with van der Waals surface area (Å²) in [5.74, 6) is 0.680. The summed E-state index contributed by atoms with van der Waals surface area (Å²) < 4.78 is 44.1. The number of carbonyl (C=O) groups excluding carboxylic acids is 1. The highest BCUT2D eigenvalue weighted by atomic mass is 79.9. The van der Waals surface area contributed by atoms with Gasteiger partial charge in [0, 0.05) is 0 Å². The van der Waals surface area contributed by atoms with Gasteiger partial charge in [-0.2, -0.15) is 5.10 Å². The van der Waals surface area contributed by atoms with Crippen molar-refractivity contribution >= 4 is 55.4 Å². The maximum absolute atomic E-state index is 13.4. The van der Waals surface area contributed by atoms with E-state index in [1.165, 1.54) is 57.9 Å². The van der Waals surface area contributed by atoms with Gasteiger partial charge < -0.3 is 14.2 Å². The van der Waals surface area contributed by atoms with Gasteiger partial charge >= 0.3 is 0 Å². The number of rotatable bonds is 10. The number of carbonyl (C=O) groups is 1. The molecule has 36 heavy (non-hydrogen) atoms. The molecule has 3 aromatic rings. The lowest BCUT2D eigenvalue weighted by molar-refractivity contribution is -0.119. The third kappa shape index (κ3) is 6.28. The number of ether oxygens (including phenoxy) is 3. The molecule has 0 aromatic heterocycles. The highest BCUT2D eigenvalue weighted by molar-refractivity contribution is 9.10. The molecule has 0 aliphatic rings. The van der Waals surface area contributed by atoms with E-state index in [0.29, 0.717) is 27.3 Å². The summed E-state index contributed by atoms with van der Waals surface area (Å²) in [6, 6.07) is 15.6. The van der Waals surface area contributed by atoms with Crippen molar-refractivity contribution in [1.29, 1.82) is 0 Å². The van der Waals surface area contributed by atoms with Crippen LogP contribution in [0.25, 0.3) is 0 Å². The first-order valence-electron chi connectivity index (χ1n) is 10.4. The standard InChI is InChI=1S/C24H23BrClN3O6S/c1-33-21-10-9-17(13-20(21)26)29(36(31,32)18-7-5-4-6-8-18)15-23(30)28-27-14-16-11-19(25)24(35-3)22(12-16)34-2/h4-14H,15H2,1-3H3,(H,28,30)/b27-14-. The van der Waals surface area contributed by atoms with Crippen LogP contribution in [0, 0.1) is 0 Å². The van der Waals surface area contributed by atoms with Gasteiger partial charge in [0.15, 0.2) is 11.5 Å². The van der Waals surface area contributed by atoms with Crippen molar-refractivity contribution in [3.63, 3.8) is 0 Å². The fraction of sp³-hybridized carbons (Fsp3) is 0.167. The molecule has 0 fully saturated rings. The summed E-state index contributed by atoms with van der Waals surface area (Å²) in [7, 11) is 0.362. The molecule has 0 bridgehead atoms. The second-order valence-electron chi connectivity index (χ2n) is 7.17. The Hall–Kier alpha value is -3.28. The predicted octanol–water partition coefficient (Wildman–Crippen LogP) is 4.47. The molecule has 12 heteroatoms. The molecule has 0 spiro atoms. The van der Waals surface area contributed by atoms with Gasteiger partial charge in [-0.25, -0.2) is 13.8 Å². The van der Waals surface area contributed by atoms with Crippen LogP contribution < -0.4 is 23.9 Å². The van der Waals surface area contributed by atoms with Gasteiger partial charge in [-0.05, 0) is 64.0 Å². The van der Waals surface area contributed by atoms with Crippen LogP contribution in [-0.4, -0.2) is 48.4 Å². The minimum absolute atomic E-state index is 0.0171. The fourth-order valence-electron chi connectivity index (χ4n) is 3.20. The second-order valence-corrected chi connectivity index (χ2v) is 10.3. The molecule has 0 atom stereocenters. The van der Waals surface area contributed by atoms with E-state index in [-0.39, 0.29) is 15.6 Å². The summed E-state index contributed by atoms with van der Waals surface area (Å²) in [4.78, 5) is 12.8. The maximum Gasteiger partial charge on any atom is 0.264 e. The Bertz CT molecular complexity index is 1370. The SMILES string of the molecule is COc1ccc(N(CC(=O)N/N=C\c2cc(Br)c(OC)c(OC)c2)S(=O)(=O)c2ccccc2)cc1Cl. The monoisotopic (exact) mass is 595 g/mol. The number of benzene rings is 3. The Balaban J connectivity index is 1.86. The number of methoxy groups -OCH3 is 3. The average Bonchev–Trinajstić information content (AvgIpc) is 2.87. The van der Waals surface area contributed by atoms with Crippen LogP contribution in [0.5, 0.6) is 17.2 Å². The van der Waals surface area contributed by atoms with E-state index >= 15 is 0 Å². The Kier molecular flexibility index (Phi) is 9.19. The average molecular weight is 597 g/mol. The van der Waals surface area contributed by atoms with Gasteiger partial charge in [-0.3, -0.25) is 9.10 Å². The summed E-state index contributed by atoms with van der Waals surface area (Å²) in [6.07, 6.45) is 1.39. The van der Waals surface area contributed by atoms with E-state index in [2.05, 4.69) is 26.5 Å². The number of nitrogens with one attached hydrogen (secondary N) is 1. The molecule has 3 aromatic carbocycles. The second kappa shape index (κ2) is 12.1. The van der Waals surface area contributed by atoms with Crippen LogP contribution in [0.1, 0.15) is 5.56 Å². The van der Waals surface area contributed by atoms with Gasteiger partial charge in [0.25, 0.3) is 15.9 Å². The lowest BCUT2D eigenvalue weighted by atomic mass is 10.2. The number of hydrogen-bond acceptors (Lipinski definition) is 7. The molecule has 0 saturated carbocycles. The van der Waals surface area contributed by atoms with Gasteiger partial charge in [0.2, 0.25) is 0 Å². The molecule has 0 radical (unpaired) electrons. The summed E-state index contributed by atoms with van der Waals surface area (Å²) >= 11 is 9.61. The normalized spacial score (nSPS) is 11.2. The summed E-state index contributed by atoms with van der Waals surface area (Å²) in [5.41, 5.74) is 3.15. The van der Waals surface area contributed by atoms with Crippen molar-refractivity contribution in [2.75, 3.05) is 32.2 Å². The zero-order valence-corrected chi connectivity index (χ0v) is 22.7. The van der Waals surface area contributed by atoms with Gasteiger partial charge in [-0.1, -0.05) is 29.8 Å². The Morgan fingerprint density at radius 3 is 2.33 bits per heavy atom. The minimum atomic E-state index is -4.10. The number of nitrogens with zero attached hydrogens (tertiary/aromatic N) is 2. The lowest BCUT2D eigenvalue weighted by Gasteiger charge is -2.24. The fourth-order valence-corrected chi connectivity index (χ4v) is 5.51. The van der Waals surface area contributed by atoms with Crippen molar-refractivity contribution < 1.29 is 27.4 Å². The highest BCUT2D eigenvalue weighted by Crippen LogP contribution is 2.36. The zero-order valence-electron chi connectivity index (χ0n) is 19.6. The van der Waals surface area contributed by atoms with Gasteiger partial charge in [0.05, 0.1) is 47.6 Å². The first kappa shape index (κ1) is 27.3. The Morgan fingerprint density at radius 1 is 1.03 bits per heavy atom. The van der Waals surface area contributed by atoms with Crippen LogP contribution in [0.2, 0.25) is 5.02 Å². The first-order chi connectivity index (χ1) is 17.2. The van der Waals surface area contributed by atoms with Gasteiger partial charge in [-0.15, -0.1) is 0 Å². The molecule has 1 amide bonds. The maximum atomic E-state index is 13.4. The molecular weight excluding hydrogens is 574 g/mol. The highest BCUT2D eigenvalue weighted by Gasteiger charge is 2.27. The van der Waals surface area contributed by atoms with Crippen LogP contribution >= 0.6 is 27.5 Å². The largest absolute Gasteiger partial charge is 0.495 e. The van der Waals surface area contributed by atoms with Crippen LogP contribution in [0.3, 0.4) is 0 Å². The van der Waals surface area contributed by atoms with Gasteiger partial charge in [0.1, 0.15) is 12.3 Å². The molecule has 0 saturated heterocycles. The van der Waals surface area contributed by atoms with Crippen molar-refractivity contribution in [2.45, 2.75) is 4.90 Å². The van der Waals surface area contributed by atoms with Crippen LogP contribution in [0.4, 0.5) is 5.69 Å². The van der Waals surface area contributed by atoms with Crippen LogP contribution in [-0.2, 0) is 14.8 Å². The van der Waals surface area contributed by atoms with Crippen molar-refractivity contribution in [3.8, 4) is 17.2 Å². The van der Waals surface area contributed by atoms with E-state index < -0.39 is 22.5 Å². The summed E-state index contributed by atoms with van der Waals surface area (Å²) in [5, 5.41) is 4.15. The number of hydrazone groups is 1. The first-order valence-corrected chi connectivity index (χ1v) is 13.0. The molecule has 0 aliphatic carbocycles. The molecular formula is C24H23BrClN3O6S. The Labute approximate surface area is 222 Å². The molecule has 190 valence electrons. The van der Waals surface area contributed by atoms with E-state index in [4.69, 9.17) is 25.8 Å². The van der Waals surface area contributed by atoms with E-state index in [9.17, 15) is 13.2 Å². The molecule has 0 unspecified atom stereocenters. The number of anilines is 1. The number of halogens is 2. The molecule has 9 nitrogen and oxygen atoms in total. The summed E-state index contributed by atoms with van der Waals surface area (Å²) in [6.45, 7) is -0.549. The molecule has 3 rings (SSSR count). The minimum Gasteiger partial charge on any atom is -0.495 e.